The van der Waals surface area contributed by atoms with Crippen molar-refractivity contribution in [2.45, 2.75) is 63.7 Å². The number of piperidine rings is 1. The van der Waals surface area contributed by atoms with Crippen LogP contribution in [0.3, 0.4) is 0 Å². The van der Waals surface area contributed by atoms with Gasteiger partial charge in [-0.1, -0.05) is 18.2 Å². The van der Waals surface area contributed by atoms with Gasteiger partial charge in [-0.05, 0) is 55.7 Å². The van der Waals surface area contributed by atoms with Gasteiger partial charge in [-0.15, -0.1) is 0 Å². The van der Waals surface area contributed by atoms with Crippen LogP contribution in [-0.2, 0) is 22.7 Å². The maximum atomic E-state index is 13.1. The summed E-state index contributed by atoms with van der Waals surface area (Å²) in [5, 5.41) is 5.96. The molecule has 3 aliphatic rings. The summed E-state index contributed by atoms with van der Waals surface area (Å²) in [7, 11) is 0. The van der Waals surface area contributed by atoms with Crippen molar-refractivity contribution in [1.29, 1.82) is 0 Å². The zero-order valence-electron chi connectivity index (χ0n) is 16.1. The molecule has 7 heteroatoms. The van der Waals surface area contributed by atoms with Crippen molar-refractivity contribution in [3.05, 3.63) is 34.9 Å². The van der Waals surface area contributed by atoms with Crippen LogP contribution in [0.1, 0.15) is 60.0 Å². The van der Waals surface area contributed by atoms with Gasteiger partial charge >= 0.3 is 0 Å². The summed E-state index contributed by atoms with van der Waals surface area (Å²) in [5.41, 5.74) is 8.34. The third-order valence-electron chi connectivity index (χ3n) is 6.34. The Bertz CT molecular complexity index is 794. The molecule has 7 nitrogen and oxygen atoms in total. The lowest BCUT2D eigenvalue weighted by Crippen LogP contribution is -2.52. The number of amides is 3. The SMILES string of the molecule is NCCC1CCC(NCc2cccc3c2C(=O)N(C2CCC(=O)NC2=O)C3)C1. The van der Waals surface area contributed by atoms with Crippen molar-refractivity contribution in [2.75, 3.05) is 6.54 Å². The monoisotopic (exact) mass is 384 g/mol. The van der Waals surface area contributed by atoms with Crippen molar-refractivity contribution in [3.8, 4) is 0 Å². The van der Waals surface area contributed by atoms with Gasteiger partial charge in [-0.25, -0.2) is 0 Å². The van der Waals surface area contributed by atoms with Gasteiger partial charge in [-0.2, -0.15) is 0 Å². The van der Waals surface area contributed by atoms with E-state index in [9.17, 15) is 14.4 Å². The summed E-state index contributed by atoms with van der Waals surface area (Å²) < 4.78 is 0. The van der Waals surface area contributed by atoms with Gasteiger partial charge in [0.2, 0.25) is 11.8 Å². The fraction of sp³-hybridized carbons (Fsp3) is 0.571. The second kappa shape index (κ2) is 8.01. The van der Waals surface area contributed by atoms with Gasteiger partial charge in [-0.3, -0.25) is 19.7 Å². The van der Waals surface area contributed by atoms with Crippen molar-refractivity contribution in [3.63, 3.8) is 0 Å². The molecule has 4 N–H and O–H groups in total. The highest BCUT2D eigenvalue weighted by atomic mass is 16.2. The lowest BCUT2D eigenvalue weighted by atomic mass is 10.0. The molecule has 150 valence electrons. The molecule has 0 spiro atoms. The van der Waals surface area contributed by atoms with Crippen LogP contribution in [0.15, 0.2) is 18.2 Å². The summed E-state index contributed by atoms with van der Waals surface area (Å²) in [6.45, 7) is 1.82. The molecule has 3 amide bonds. The molecule has 0 bridgehead atoms. The van der Waals surface area contributed by atoms with Gasteiger partial charge < -0.3 is 16.0 Å². The van der Waals surface area contributed by atoms with E-state index < -0.39 is 6.04 Å². The van der Waals surface area contributed by atoms with Crippen LogP contribution < -0.4 is 16.4 Å². The van der Waals surface area contributed by atoms with Gasteiger partial charge in [0.25, 0.3) is 5.91 Å². The first-order valence-corrected chi connectivity index (χ1v) is 10.3. The number of carbonyl (C=O) groups is 3. The summed E-state index contributed by atoms with van der Waals surface area (Å²) in [6.07, 6.45) is 5.25. The van der Waals surface area contributed by atoms with E-state index in [1.807, 2.05) is 18.2 Å². The average Bonchev–Trinajstić information content (AvgIpc) is 3.25. The van der Waals surface area contributed by atoms with Gasteiger partial charge in [0, 0.05) is 31.1 Å². The van der Waals surface area contributed by atoms with Gasteiger partial charge in [0.15, 0.2) is 0 Å². The normalized spacial score (nSPS) is 27.2. The average molecular weight is 384 g/mol. The summed E-state index contributed by atoms with van der Waals surface area (Å²) in [5.74, 6) is -0.0308. The third-order valence-corrected chi connectivity index (χ3v) is 6.34. The molecule has 1 aromatic rings. The van der Waals surface area contributed by atoms with Crippen molar-refractivity contribution in [1.82, 2.24) is 15.5 Å². The number of hydrogen-bond acceptors (Lipinski definition) is 5. The van der Waals surface area contributed by atoms with E-state index >= 15 is 0 Å². The van der Waals surface area contributed by atoms with Crippen molar-refractivity contribution < 1.29 is 14.4 Å². The van der Waals surface area contributed by atoms with Crippen molar-refractivity contribution in [2.24, 2.45) is 11.7 Å². The lowest BCUT2D eigenvalue weighted by Gasteiger charge is -2.29. The van der Waals surface area contributed by atoms with Crippen LogP contribution in [0, 0.1) is 5.92 Å². The van der Waals surface area contributed by atoms with E-state index in [4.69, 9.17) is 5.73 Å². The molecule has 1 aliphatic carbocycles. The Kier molecular flexibility index (Phi) is 5.46. The molecule has 4 rings (SSSR count). The van der Waals surface area contributed by atoms with Gasteiger partial charge in [0.1, 0.15) is 6.04 Å². The fourth-order valence-electron chi connectivity index (χ4n) is 4.85. The molecule has 2 aliphatic heterocycles. The minimum absolute atomic E-state index is 0.102. The number of carbonyl (C=O) groups excluding carboxylic acids is 3. The topological polar surface area (TPSA) is 105 Å². The van der Waals surface area contributed by atoms with Crippen LogP contribution in [-0.4, -0.2) is 41.2 Å². The first kappa shape index (κ1) is 19.1. The Morgan fingerprint density at radius 3 is 2.82 bits per heavy atom. The number of nitrogens with one attached hydrogen (secondary N) is 2. The fourth-order valence-corrected chi connectivity index (χ4v) is 4.85. The van der Waals surface area contributed by atoms with E-state index in [1.165, 1.54) is 6.42 Å². The molecule has 1 aromatic carbocycles. The second-order valence-corrected chi connectivity index (χ2v) is 8.19. The highest BCUT2D eigenvalue weighted by Gasteiger charge is 2.40. The summed E-state index contributed by atoms with van der Waals surface area (Å²) >= 11 is 0. The molecule has 0 aromatic heterocycles. The minimum atomic E-state index is -0.565. The molecular formula is C21H28N4O3. The second-order valence-electron chi connectivity index (χ2n) is 8.19. The first-order valence-electron chi connectivity index (χ1n) is 10.3. The minimum Gasteiger partial charge on any atom is -0.330 e. The van der Waals surface area contributed by atoms with E-state index in [0.29, 0.717) is 31.5 Å². The first-order chi connectivity index (χ1) is 13.6. The Morgan fingerprint density at radius 2 is 2.04 bits per heavy atom. The number of benzene rings is 1. The maximum Gasteiger partial charge on any atom is 0.255 e. The van der Waals surface area contributed by atoms with Crippen LogP contribution in [0.25, 0.3) is 0 Å². The number of rotatable bonds is 6. The van der Waals surface area contributed by atoms with E-state index in [-0.39, 0.29) is 24.1 Å². The quantitative estimate of drug-likeness (QED) is 0.636. The molecule has 2 fully saturated rings. The zero-order valence-corrected chi connectivity index (χ0v) is 16.1. The molecule has 1 saturated heterocycles. The molecule has 3 unspecified atom stereocenters. The van der Waals surface area contributed by atoms with Crippen LogP contribution in [0.2, 0.25) is 0 Å². The third kappa shape index (κ3) is 3.69. The van der Waals surface area contributed by atoms with Crippen LogP contribution in [0.5, 0.6) is 0 Å². The van der Waals surface area contributed by atoms with Crippen molar-refractivity contribution >= 4 is 17.7 Å². The van der Waals surface area contributed by atoms with Crippen LogP contribution in [0.4, 0.5) is 0 Å². The number of hydrogen-bond donors (Lipinski definition) is 3. The Hall–Kier alpha value is -2.25. The summed E-state index contributed by atoms with van der Waals surface area (Å²) in [6, 6.07) is 5.82. The Morgan fingerprint density at radius 1 is 1.18 bits per heavy atom. The zero-order chi connectivity index (χ0) is 19.7. The predicted octanol–water partition coefficient (Wildman–Crippen LogP) is 1.05. The number of fused-ring (bicyclic) bond motifs is 1. The predicted molar refractivity (Wildman–Crippen MR) is 104 cm³/mol. The molecule has 3 atom stereocenters. The van der Waals surface area contributed by atoms with Crippen LogP contribution >= 0.6 is 0 Å². The standard InChI is InChI=1S/C21H28N4O3/c22-9-8-13-4-5-16(10-13)23-11-14-2-1-3-15-12-25(21(28)19(14)15)17-6-7-18(26)24-20(17)27/h1-3,13,16-17,23H,4-12,22H2,(H,24,26,27). The molecule has 28 heavy (non-hydrogen) atoms. The molecule has 2 heterocycles. The maximum absolute atomic E-state index is 13.1. The number of nitrogens with zero attached hydrogens (tertiary/aromatic N) is 1. The van der Waals surface area contributed by atoms with Gasteiger partial charge in [0.05, 0.1) is 0 Å². The van der Waals surface area contributed by atoms with E-state index in [1.54, 1.807) is 4.90 Å². The highest BCUT2D eigenvalue weighted by molar-refractivity contribution is 6.05. The molecular weight excluding hydrogens is 356 g/mol. The number of nitrogens with two attached hydrogens (primary N) is 1. The molecule has 0 radical (unpaired) electrons. The van der Waals surface area contributed by atoms with E-state index in [0.717, 1.165) is 42.5 Å². The molecule has 1 saturated carbocycles. The Labute approximate surface area is 165 Å². The Balaban J connectivity index is 1.43. The largest absolute Gasteiger partial charge is 0.330 e. The lowest BCUT2D eigenvalue weighted by molar-refractivity contribution is -0.136. The van der Waals surface area contributed by atoms with E-state index in [2.05, 4.69) is 10.6 Å². The highest BCUT2D eigenvalue weighted by Crippen LogP contribution is 2.31. The smallest absolute Gasteiger partial charge is 0.255 e. The number of imide groups is 1. The summed E-state index contributed by atoms with van der Waals surface area (Å²) in [4.78, 5) is 38.3.